The Labute approximate surface area is 171 Å². The number of nitrogens with zero attached hydrogens (tertiary/aromatic N) is 2. The van der Waals surface area contributed by atoms with Gasteiger partial charge in [-0.05, 0) is 58.7 Å². The predicted molar refractivity (Wildman–Crippen MR) is 109 cm³/mol. The van der Waals surface area contributed by atoms with E-state index in [0.29, 0.717) is 29.5 Å². The van der Waals surface area contributed by atoms with Gasteiger partial charge in [-0.25, -0.2) is 0 Å². The monoisotopic (exact) mass is 447 g/mol. The molecule has 0 aliphatic carbocycles. The van der Waals surface area contributed by atoms with Gasteiger partial charge in [-0.3, -0.25) is 9.48 Å². The average molecular weight is 449 g/mol. The highest BCUT2D eigenvalue weighted by Crippen LogP contribution is 2.19. The zero-order valence-electron chi connectivity index (χ0n) is 14.8. The lowest BCUT2D eigenvalue weighted by Crippen LogP contribution is -2.24. The van der Waals surface area contributed by atoms with Gasteiger partial charge in [-0.15, -0.1) is 0 Å². The van der Waals surface area contributed by atoms with Gasteiger partial charge in [0.15, 0.2) is 0 Å². The van der Waals surface area contributed by atoms with Crippen LogP contribution in [0.2, 0.25) is 5.02 Å². The molecule has 0 fully saturated rings. The zero-order valence-corrected chi connectivity index (χ0v) is 17.1. The van der Waals surface area contributed by atoms with Crippen LogP contribution in [0, 0.1) is 0 Å². The van der Waals surface area contributed by atoms with Crippen LogP contribution in [0.5, 0.6) is 5.75 Å². The first-order valence-corrected chi connectivity index (χ1v) is 9.69. The SMILES string of the molecule is CCn1ncc(Br)c1CNC(=O)c1ccc(COc2cccc(Cl)c2)cc1. The van der Waals surface area contributed by atoms with Gasteiger partial charge in [0.05, 0.1) is 22.9 Å². The molecule has 0 aliphatic rings. The molecule has 140 valence electrons. The van der Waals surface area contributed by atoms with Crippen molar-refractivity contribution in [2.24, 2.45) is 0 Å². The highest BCUT2D eigenvalue weighted by atomic mass is 79.9. The van der Waals surface area contributed by atoms with Gasteiger partial charge in [0, 0.05) is 17.1 Å². The van der Waals surface area contributed by atoms with Crippen molar-refractivity contribution in [3.8, 4) is 5.75 Å². The van der Waals surface area contributed by atoms with Crippen LogP contribution in [0.1, 0.15) is 28.5 Å². The standard InChI is InChI=1S/C20H19BrClN3O2/c1-2-25-19(18(21)11-24-25)12-23-20(26)15-8-6-14(7-9-15)13-27-17-5-3-4-16(22)10-17/h3-11H,2,12-13H2,1H3,(H,23,26). The Morgan fingerprint density at radius 1 is 1.26 bits per heavy atom. The van der Waals surface area contributed by atoms with Crippen LogP contribution < -0.4 is 10.1 Å². The third-order valence-electron chi connectivity index (χ3n) is 4.03. The molecule has 0 aliphatic heterocycles. The van der Waals surface area contributed by atoms with Crippen LogP contribution in [0.25, 0.3) is 0 Å². The minimum absolute atomic E-state index is 0.131. The lowest BCUT2D eigenvalue weighted by atomic mass is 10.1. The number of aryl methyl sites for hydroxylation is 1. The fourth-order valence-corrected chi connectivity index (χ4v) is 3.19. The number of halogens is 2. The molecule has 5 nitrogen and oxygen atoms in total. The lowest BCUT2D eigenvalue weighted by Gasteiger charge is -2.09. The Bertz CT molecular complexity index is 925. The number of nitrogens with one attached hydrogen (secondary N) is 1. The molecule has 1 heterocycles. The molecule has 0 radical (unpaired) electrons. The van der Waals surface area contributed by atoms with Crippen molar-refractivity contribution in [2.75, 3.05) is 0 Å². The second-order valence-electron chi connectivity index (χ2n) is 5.88. The average Bonchev–Trinajstić information content (AvgIpc) is 3.04. The Morgan fingerprint density at radius 2 is 2.04 bits per heavy atom. The molecule has 0 atom stereocenters. The topological polar surface area (TPSA) is 56.2 Å². The van der Waals surface area contributed by atoms with Crippen LogP contribution in [-0.4, -0.2) is 15.7 Å². The van der Waals surface area contributed by atoms with Crippen LogP contribution >= 0.6 is 27.5 Å². The Balaban J connectivity index is 1.56. The fourth-order valence-electron chi connectivity index (χ4n) is 2.58. The normalized spacial score (nSPS) is 10.6. The van der Waals surface area contributed by atoms with Crippen molar-refractivity contribution in [3.05, 3.63) is 81.0 Å². The zero-order chi connectivity index (χ0) is 19.2. The van der Waals surface area contributed by atoms with Gasteiger partial charge in [0.25, 0.3) is 5.91 Å². The molecular weight excluding hydrogens is 430 g/mol. The maximum absolute atomic E-state index is 12.4. The summed E-state index contributed by atoms with van der Waals surface area (Å²) in [5.41, 5.74) is 2.51. The third-order valence-corrected chi connectivity index (χ3v) is 4.93. The molecule has 1 amide bonds. The largest absolute Gasteiger partial charge is 0.489 e. The van der Waals surface area contributed by atoms with E-state index in [1.54, 1.807) is 30.5 Å². The summed E-state index contributed by atoms with van der Waals surface area (Å²) in [7, 11) is 0. The Hall–Kier alpha value is -2.31. The van der Waals surface area contributed by atoms with E-state index in [4.69, 9.17) is 16.3 Å². The molecule has 0 bridgehead atoms. The first kappa shape index (κ1) is 19.5. The van der Waals surface area contributed by atoms with E-state index in [0.717, 1.165) is 22.3 Å². The van der Waals surface area contributed by atoms with Gasteiger partial charge in [0.1, 0.15) is 12.4 Å². The highest BCUT2D eigenvalue weighted by Gasteiger charge is 2.11. The van der Waals surface area contributed by atoms with Crippen molar-refractivity contribution in [2.45, 2.75) is 26.6 Å². The number of amides is 1. The van der Waals surface area contributed by atoms with Gasteiger partial charge in [-0.2, -0.15) is 5.10 Å². The molecule has 0 saturated carbocycles. The van der Waals surface area contributed by atoms with E-state index in [-0.39, 0.29) is 5.91 Å². The second-order valence-corrected chi connectivity index (χ2v) is 7.17. The molecule has 7 heteroatoms. The molecule has 3 aromatic rings. The summed E-state index contributed by atoms with van der Waals surface area (Å²) in [5, 5.41) is 7.80. The summed E-state index contributed by atoms with van der Waals surface area (Å²) < 4.78 is 8.44. The van der Waals surface area contributed by atoms with E-state index in [9.17, 15) is 4.79 Å². The number of benzene rings is 2. The van der Waals surface area contributed by atoms with Crippen LogP contribution in [-0.2, 0) is 19.7 Å². The summed E-state index contributed by atoms with van der Waals surface area (Å²) >= 11 is 9.40. The van der Waals surface area contributed by atoms with Crippen molar-refractivity contribution in [1.29, 1.82) is 0 Å². The molecule has 0 spiro atoms. The maximum Gasteiger partial charge on any atom is 0.251 e. The molecular formula is C20H19BrClN3O2. The fraction of sp³-hybridized carbons (Fsp3) is 0.200. The van der Waals surface area contributed by atoms with Gasteiger partial charge < -0.3 is 10.1 Å². The Kier molecular flexibility index (Phi) is 6.53. The number of rotatable bonds is 7. The number of carbonyl (C=O) groups is 1. The molecule has 0 saturated heterocycles. The van der Waals surface area contributed by atoms with E-state index in [2.05, 4.69) is 26.3 Å². The smallest absolute Gasteiger partial charge is 0.251 e. The number of carbonyl (C=O) groups excluding carboxylic acids is 1. The van der Waals surface area contributed by atoms with Gasteiger partial charge in [-0.1, -0.05) is 29.8 Å². The van der Waals surface area contributed by atoms with Crippen LogP contribution in [0.3, 0.4) is 0 Å². The van der Waals surface area contributed by atoms with Crippen LogP contribution in [0.15, 0.2) is 59.2 Å². The molecule has 0 unspecified atom stereocenters. The third kappa shape index (κ3) is 5.11. The van der Waals surface area contributed by atoms with Crippen LogP contribution in [0.4, 0.5) is 0 Å². The summed E-state index contributed by atoms with van der Waals surface area (Å²) in [6.45, 7) is 3.57. The van der Waals surface area contributed by atoms with E-state index < -0.39 is 0 Å². The number of aromatic nitrogens is 2. The van der Waals surface area contributed by atoms with E-state index >= 15 is 0 Å². The quantitative estimate of drug-likeness (QED) is 0.563. The van der Waals surface area contributed by atoms with Crippen molar-refractivity contribution in [3.63, 3.8) is 0 Å². The highest BCUT2D eigenvalue weighted by molar-refractivity contribution is 9.10. The molecule has 2 aromatic carbocycles. The molecule has 27 heavy (non-hydrogen) atoms. The van der Waals surface area contributed by atoms with E-state index in [1.165, 1.54) is 0 Å². The first-order valence-electron chi connectivity index (χ1n) is 8.52. The number of hydrogen-bond donors (Lipinski definition) is 1. The minimum atomic E-state index is -0.131. The second kappa shape index (κ2) is 9.06. The Morgan fingerprint density at radius 3 is 2.74 bits per heavy atom. The summed E-state index contributed by atoms with van der Waals surface area (Å²) in [4.78, 5) is 12.4. The van der Waals surface area contributed by atoms with Gasteiger partial charge in [0.2, 0.25) is 0 Å². The predicted octanol–water partition coefficient (Wildman–Crippen LogP) is 4.83. The van der Waals surface area contributed by atoms with Crippen molar-refractivity contribution >= 4 is 33.4 Å². The van der Waals surface area contributed by atoms with Crippen molar-refractivity contribution in [1.82, 2.24) is 15.1 Å². The van der Waals surface area contributed by atoms with Gasteiger partial charge >= 0.3 is 0 Å². The number of ether oxygens (including phenoxy) is 1. The molecule has 3 rings (SSSR count). The maximum atomic E-state index is 12.4. The summed E-state index contributed by atoms with van der Waals surface area (Å²) in [6.07, 6.45) is 1.74. The summed E-state index contributed by atoms with van der Waals surface area (Å²) in [5.74, 6) is 0.579. The van der Waals surface area contributed by atoms with Crippen molar-refractivity contribution < 1.29 is 9.53 Å². The molecule has 1 aromatic heterocycles. The number of hydrogen-bond acceptors (Lipinski definition) is 3. The van der Waals surface area contributed by atoms with E-state index in [1.807, 2.05) is 35.9 Å². The lowest BCUT2D eigenvalue weighted by molar-refractivity contribution is 0.0949. The summed E-state index contributed by atoms with van der Waals surface area (Å²) in [6, 6.07) is 14.6. The molecule has 1 N–H and O–H groups in total. The minimum Gasteiger partial charge on any atom is -0.489 e. The first-order chi connectivity index (χ1) is 13.1.